The van der Waals surface area contributed by atoms with Crippen molar-refractivity contribution in [3.8, 4) is 0 Å². The second-order valence-electron chi connectivity index (χ2n) is 4.72. The molecule has 1 aromatic carbocycles. The van der Waals surface area contributed by atoms with E-state index in [0.717, 1.165) is 24.3 Å². The maximum Gasteiger partial charge on any atom is 0.253 e. The molecule has 1 N–H and O–H groups in total. The van der Waals surface area contributed by atoms with Gasteiger partial charge >= 0.3 is 0 Å². The number of aliphatic hydroxyl groups is 1. The second-order valence-corrected chi connectivity index (χ2v) is 5.58. The van der Waals surface area contributed by atoms with Gasteiger partial charge in [-0.2, -0.15) is 11.8 Å². The molecule has 0 aliphatic carbocycles. The zero-order valence-corrected chi connectivity index (χ0v) is 11.4. The Morgan fingerprint density at radius 3 is 2.72 bits per heavy atom. The van der Waals surface area contributed by atoms with Crippen molar-refractivity contribution in [2.24, 2.45) is 5.92 Å². The van der Waals surface area contributed by atoms with Crippen molar-refractivity contribution in [1.82, 2.24) is 4.90 Å². The minimum atomic E-state index is 0.0849. The molecule has 4 heteroatoms. The van der Waals surface area contributed by atoms with Gasteiger partial charge in [-0.15, -0.1) is 0 Å². The molecule has 0 radical (unpaired) electrons. The number of carbonyl (C=O) groups excluding carboxylic acids is 1. The average Bonchev–Trinajstić information content (AvgIpc) is 2.88. The van der Waals surface area contributed by atoms with Gasteiger partial charge in [0.1, 0.15) is 0 Å². The van der Waals surface area contributed by atoms with E-state index in [9.17, 15) is 4.79 Å². The van der Waals surface area contributed by atoms with E-state index in [2.05, 4.69) is 6.26 Å². The summed E-state index contributed by atoms with van der Waals surface area (Å²) in [6.07, 6.45) is 2.98. The molecular weight excluding hydrogens is 246 g/mol. The van der Waals surface area contributed by atoms with Crippen LogP contribution in [0.2, 0.25) is 0 Å². The van der Waals surface area contributed by atoms with Gasteiger partial charge in [-0.3, -0.25) is 4.79 Å². The van der Waals surface area contributed by atoms with Gasteiger partial charge in [-0.25, -0.2) is 0 Å². The molecular formula is C14H19NO2S. The standard InChI is InChI=1S/C14H19NO2S/c1-18-10-11-2-4-13(5-3-11)14(17)15-7-6-12(8-15)9-16/h2-5,12,16H,6-10H2,1H3. The number of carbonyl (C=O) groups is 1. The number of benzene rings is 1. The molecule has 0 aromatic heterocycles. The number of hydrogen-bond acceptors (Lipinski definition) is 3. The summed E-state index contributed by atoms with van der Waals surface area (Å²) < 4.78 is 0. The minimum absolute atomic E-state index is 0.0849. The summed E-state index contributed by atoms with van der Waals surface area (Å²) in [6.45, 7) is 1.62. The van der Waals surface area contributed by atoms with Crippen molar-refractivity contribution < 1.29 is 9.90 Å². The molecule has 3 nitrogen and oxygen atoms in total. The number of thioether (sulfide) groups is 1. The van der Waals surface area contributed by atoms with Crippen LogP contribution in [0.3, 0.4) is 0 Å². The van der Waals surface area contributed by atoms with Crippen LogP contribution >= 0.6 is 11.8 Å². The molecule has 0 saturated carbocycles. The maximum absolute atomic E-state index is 12.2. The SMILES string of the molecule is CSCc1ccc(C(=O)N2CCC(CO)C2)cc1. The molecule has 1 saturated heterocycles. The summed E-state index contributed by atoms with van der Waals surface area (Å²) in [5, 5.41) is 9.09. The van der Waals surface area contributed by atoms with Gasteiger partial charge in [0.2, 0.25) is 0 Å². The number of nitrogens with zero attached hydrogens (tertiary/aromatic N) is 1. The van der Waals surface area contributed by atoms with Crippen LogP contribution in [0.1, 0.15) is 22.3 Å². The molecule has 1 heterocycles. The number of amides is 1. The van der Waals surface area contributed by atoms with Crippen LogP contribution in [0, 0.1) is 5.92 Å². The normalized spacial score (nSPS) is 19.2. The van der Waals surface area contributed by atoms with E-state index in [0.29, 0.717) is 6.54 Å². The fraction of sp³-hybridized carbons (Fsp3) is 0.500. The Hall–Kier alpha value is -1.00. The quantitative estimate of drug-likeness (QED) is 0.905. The topological polar surface area (TPSA) is 40.5 Å². The molecule has 2 rings (SSSR count). The van der Waals surface area contributed by atoms with Crippen LogP contribution in [0.4, 0.5) is 0 Å². The van der Waals surface area contributed by atoms with E-state index in [1.165, 1.54) is 5.56 Å². The van der Waals surface area contributed by atoms with Crippen LogP contribution in [0.15, 0.2) is 24.3 Å². The first kappa shape index (κ1) is 13.4. The van der Waals surface area contributed by atoms with Crippen molar-refractivity contribution in [3.05, 3.63) is 35.4 Å². The van der Waals surface area contributed by atoms with Crippen molar-refractivity contribution in [2.75, 3.05) is 26.0 Å². The minimum Gasteiger partial charge on any atom is -0.396 e. The molecule has 1 fully saturated rings. The molecule has 1 amide bonds. The summed E-state index contributed by atoms with van der Waals surface area (Å²) >= 11 is 1.77. The van der Waals surface area contributed by atoms with Gasteiger partial charge in [0.15, 0.2) is 0 Å². The van der Waals surface area contributed by atoms with Crippen LogP contribution in [0.25, 0.3) is 0 Å². The maximum atomic E-state index is 12.2. The van der Waals surface area contributed by atoms with E-state index in [1.807, 2.05) is 29.2 Å². The fourth-order valence-electron chi connectivity index (χ4n) is 2.26. The predicted octanol–water partition coefficient (Wildman–Crippen LogP) is 2.00. The third kappa shape index (κ3) is 3.06. The van der Waals surface area contributed by atoms with Crippen molar-refractivity contribution in [3.63, 3.8) is 0 Å². The fourth-order valence-corrected chi connectivity index (χ4v) is 2.78. The molecule has 18 heavy (non-hydrogen) atoms. The summed E-state index contributed by atoms with van der Waals surface area (Å²) in [7, 11) is 0. The highest BCUT2D eigenvalue weighted by atomic mass is 32.2. The lowest BCUT2D eigenvalue weighted by atomic mass is 10.1. The van der Waals surface area contributed by atoms with Gasteiger partial charge in [0.05, 0.1) is 0 Å². The van der Waals surface area contributed by atoms with Gasteiger partial charge in [-0.1, -0.05) is 12.1 Å². The molecule has 1 aliphatic rings. The first-order chi connectivity index (χ1) is 8.74. The smallest absolute Gasteiger partial charge is 0.253 e. The number of likely N-dealkylation sites (tertiary alicyclic amines) is 1. The number of hydrogen-bond donors (Lipinski definition) is 1. The summed E-state index contributed by atoms with van der Waals surface area (Å²) in [6, 6.07) is 7.84. The van der Waals surface area contributed by atoms with Gasteiger partial charge in [-0.05, 0) is 30.4 Å². The lowest BCUT2D eigenvalue weighted by Gasteiger charge is -2.16. The molecule has 98 valence electrons. The van der Waals surface area contributed by atoms with E-state index in [4.69, 9.17) is 5.11 Å². The van der Waals surface area contributed by atoms with Crippen molar-refractivity contribution >= 4 is 17.7 Å². The zero-order chi connectivity index (χ0) is 13.0. The average molecular weight is 265 g/mol. The second kappa shape index (κ2) is 6.25. The monoisotopic (exact) mass is 265 g/mol. The Labute approximate surface area is 112 Å². The Morgan fingerprint density at radius 1 is 1.44 bits per heavy atom. The third-order valence-electron chi connectivity index (χ3n) is 3.34. The van der Waals surface area contributed by atoms with E-state index >= 15 is 0 Å². The zero-order valence-electron chi connectivity index (χ0n) is 10.6. The Morgan fingerprint density at radius 2 is 2.17 bits per heavy atom. The Bertz CT molecular complexity index is 405. The lowest BCUT2D eigenvalue weighted by molar-refractivity contribution is 0.0782. The molecule has 1 aliphatic heterocycles. The summed E-state index contributed by atoms with van der Waals surface area (Å²) in [5.41, 5.74) is 1.99. The lowest BCUT2D eigenvalue weighted by Crippen LogP contribution is -2.29. The molecule has 1 unspecified atom stereocenters. The first-order valence-corrected chi connectivity index (χ1v) is 7.62. The summed E-state index contributed by atoms with van der Waals surface area (Å²) in [4.78, 5) is 14.1. The third-order valence-corrected chi connectivity index (χ3v) is 3.97. The first-order valence-electron chi connectivity index (χ1n) is 6.22. The van der Waals surface area contributed by atoms with E-state index in [1.54, 1.807) is 11.8 Å². The number of aliphatic hydroxyl groups excluding tert-OH is 1. The van der Waals surface area contributed by atoms with Crippen LogP contribution in [0.5, 0.6) is 0 Å². The van der Waals surface area contributed by atoms with Gasteiger partial charge < -0.3 is 10.0 Å². The molecule has 0 spiro atoms. The predicted molar refractivity (Wildman–Crippen MR) is 74.8 cm³/mol. The highest BCUT2D eigenvalue weighted by Crippen LogP contribution is 2.19. The summed E-state index contributed by atoms with van der Waals surface area (Å²) in [5.74, 6) is 1.32. The van der Waals surface area contributed by atoms with Crippen LogP contribution in [-0.2, 0) is 5.75 Å². The number of rotatable bonds is 4. The van der Waals surface area contributed by atoms with Crippen molar-refractivity contribution in [1.29, 1.82) is 0 Å². The van der Waals surface area contributed by atoms with Crippen LogP contribution < -0.4 is 0 Å². The largest absolute Gasteiger partial charge is 0.396 e. The Kier molecular flexibility index (Phi) is 4.66. The van der Waals surface area contributed by atoms with Crippen LogP contribution in [-0.4, -0.2) is 41.9 Å². The molecule has 1 aromatic rings. The van der Waals surface area contributed by atoms with Gasteiger partial charge in [0, 0.05) is 36.9 Å². The van der Waals surface area contributed by atoms with E-state index < -0.39 is 0 Å². The van der Waals surface area contributed by atoms with Gasteiger partial charge in [0.25, 0.3) is 5.91 Å². The molecule has 1 atom stereocenters. The van der Waals surface area contributed by atoms with E-state index in [-0.39, 0.29) is 18.4 Å². The Balaban J connectivity index is 2.00. The van der Waals surface area contributed by atoms with Crippen molar-refractivity contribution in [2.45, 2.75) is 12.2 Å². The highest BCUT2D eigenvalue weighted by molar-refractivity contribution is 7.97. The highest BCUT2D eigenvalue weighted by Gasteiger charge is 2.26. The molecule has 0 bridgehead atoms.